The summed E-state index contributed by atoms with van der Waals surface area (Å²) in [5.74, 6) is 0.862. The van der Waals surface area contributed by atoms with Crippen LogP contribution in [0.25, 0.3) is 0 Å². The molecule has 17 heavy (non-hydrogen) atoms. The third kappa shape index (κ3) is 7.19. The van der Waals surface area contributed by atoms with Gasteiger partial charge in [-0.3, -0.25) is 4.99 Å². The molecule has 1 heterocycles. The number of nitrogens with zero attached hydrogens (tertiary/aromatic N) is 3. The Bertz CT molecular complexity index is 308. The highest BCUT2D eigenvalue weighted by molar-refractivity contribution is 14.0. The summed E-state index contributed by atoms with van der Waals surface area (Å²) in [5, 5.41) is 6.51. The minimum absolute atomic E-state index is 0. The maximum Gasteiger partial charge on any atom is 0.191 e. The summed E-state index contributed by atoms with van der Waals surface area (Å²) < 4.78 is 2.07. The first-order chi connectivity index (χ1) is 7.72. The predicted octanol–water partition coefficient (Wildman–Crippen LogP) is 1.46. The summed E-state index contributed by atoms with van der Waals surface area (Å²) in [6.45, 7) is 6.08. The lowest BCUT2D eigenvalue weighted by Crippen LogP contribution is -2.41. The second kappa shape index (κ2) is 9.26. The lowest BCUT2D eigenvalue weighted by atomic mass is 10.4. The van der Waals surface area contributed by atoms with E-state index in [2.05, 4.69) is 39.0 Å². The fraction of sp³-hybridized carbons (Fsp3) is 0.636. The Morgan fingerprint density at radius 3 is 2.76 bits per heavy atom. The Kier molecular flexibility index (Phi) is 8.83. The van der Waals surface area contributed by atoms with E-state index in [0.717, 1.165) is 25.5 Å². The van der Waals surface area contributed by atoms with Crippen molar-refractivity contribution in [1.82, 2.24) is 20.2 Å². The third-order valence-corrected chi connectivity index (χ3v) is 2.09. The van der Waals surface area contributed by atoms with Crippen LogP contribution in [0.15, 0.2) is 23.7 Å². The van der Waals surface area contributed by atoms with Gasteiger partial charge in [-0.2, -0.15) is 0 Å². The Labute approximate surface area is 120 Å². The minimum atomic E-state index is 0. The highest BCUT2D eigenvalue weighted by Crippen LogP contribution is 1.89. The van der Waals surface area contributed by atoms with Gasteiger partial charge in [-0.1, -0.05) is 0 Å². The quantitative estimate of drug-likeness (QED) is 0.366. The number of aromatic nitrogens is 2. The SMILES string of the molecule is CN=C(NCCCn1ccnc1)NC(C)C.I. The number of nitrogens with one attached hydrogen (secondary N) is 2. The molecule has 98 valence electrons. The molecule has 2 N–H and O–H groups in total. The van der Waals surface area contributed by atoms with Crippen molar-refractivity contribution in [2.75, 3.05) is 13.6 Å². The average molecular weight is 351 g/mol. The number of hydrogen-bond acceptors (Lipinski definition) is 2. The van der Waals surface area contributed by atoms with Gasteiger partial charge in [0.05, 0.1) is 6.33 Å². The van der Waals surface area contributed by atoms with Crippen molar-refractivity contribution in [2.24, 2.45) is 4.99 Å². The zero-order valence-corrected chi connectivity index (χ0v) is 13.0. The van der Waals surface area contributed by atoms with Gasteiger partial charge in [0.15, 0.2) is 5.96 Å². The van der Waals surface area contributed by atoms with Gasteiger partial charge in [-0.05, 0) is 20.3 Å². The van der Waals surface area contributed by atoms with Gasteiger partial charge < -0.3 is 15.2 Å². The zero-order chi connectivity index (χ0) is 11.8. The number of aliphatic imine (C=N–C) groups is 1. The number of aryl methyl sites for hydroxylation is 1. The molecule has 0 amide bonds. The van der Waals surface area contributed by atoms with E-state index in [1.54, 1.807) is 13.2 Å². The van der Waals surface area contributed by atoms with Crippen LogP contribution in [0.2, 0.25) is 0 Å². The number of rotatable bonds is 5. The lowest BCUT2D eigenvalue weighted by molar-refractivity contribution is 0.618. The van der Waals surface area contributed by atoms with Gasteiger partial charge in [0.25, 0.3) is 0 Å². The molecule has 0 aliphatic rings. The summed E-state index contributed by atoms with van der Waals surface area (Å²) in [5.41, 5.74) is 0. The third-order valence-electron chi connectivity index (χ3n) is 2.09. The van der Waals surface area contributed by atoms with Crippen molar-refractivity contribution in [2.45, 2.75) is 32.9 Å². The fourth-order valence-corrected chi connectivity index (χ4v) is 1.36. The summed E-state index contributed by atoms with van der Waals surface area (Å²) in [7, 11) is 1.79. The van der Waals surface area contributed by atoms with Crippen LogP contribution in [-0.2, 0) is 6.54 Å². The van der Waals surface area contributed by atoms with Crippen LogP contribution in [0, 0.1) is 0 Å². The van der Waals surface area contributed by atoms with Gasteiger partial charge in [-0.25, -0.2) is 4.98 Å². The molecular weight excluding hydrogens is 329 g/mol. The normalized spacial score (nSPS) is 11.2. The van der Waals surface area contributed by atoms with Crippen molar-refractivity contribution < 1.29 is 0 Å². The molecule has 5 nitrogen and oxygen atoms in total. The molecule has 6 heteroatoms. The molecule has 0 unspecified atom stereocenters. The molecule has 0 aromatic carbocycles. The van der Waals surface area contributed by atoms with Crippen molar-refractivity contribution in [3.63, 3.8) is 0 Å². The van der Waals surface area contributed by atoms with Crippen molar-refractivity contribution >= 4 is 29.9 Å². The van der Waals surface area contributed by atoms with E-state index in [9.17, 15) is 0 Å². The molecule has 0 atom stereocenters. The second-order valence-corrected chi connectivity index (χ2v) is 3.95. The van der Waals surface area contributed by atoms with Gasteiger partial charge in [0.1, 0.15) is 0 Å². The van der Waals surface area contributed by atoms with E-state index >= 15 is 0 Å². The smallest absolute Gasteiger partial charge is 0.191 e. The first-order valence-electron chi connectivity index (χ1n) is 5.65. The van der Waals surface area contributed by atoms with Gasteiger partial charge in [0.2, 0.25) is 0 Å². The maximum absolute atomic E-state index is 4.14. The van der Waals surface area contributed by atoms with E-state index in [4.69, 9.17) is 0 Å². The van der Waals surface area contributed by atoms with Crippen LogP contribution in [-0.4, -0.2) is 35.1 Å². The number of halogens is 1. The summed E-state index contributed by atoms with van der Waals surface area (Å²) in [6, 6.07) is 0.403. The van der Waals surface area contributed by atoms with E-state index in [-0.39, 0.29) is 24.0 Å². The number of imidazole rings is 1. The van der Waals surface area contributed by atoms with E-state index in [1.807, 2.05) is 12.5 Å². The molecule has 0 saturated heterocycles. The molecule has 0 spiro atoms. The monoisotopic (exact) mass is 351 g/mol. The molecule has 1 rings (SSSR count). The summed E-state index contributed by atoms with van der Waals surface area (Å²) in [6.07, 6.45) is 6.66. The molecule has 1 aromatic rings. The largest absolute Gasteiger partial charge is 0.356 e. The number of guanidine groups is 1. The van der Waals surface area contributed by atoms with E-state index < -0.39 is 0 Å². The first-order valence-corrected chi connectivity index (χ1v) is 5.65. The minimum Gasteiger partial charge on any atom is -0.356 e. The molecule has 1 aromatic heterocycles. The molecule has 0 bridgehead atoms. The van der Waals surface area contributed by atoms with Crippen LogP contribution in [0.5, 0.6) is 0 Å². The van der Waals surface area contributed by atoms with E-state index in [0.29, 0.717) is 6.04 Å². The second-order valence-electron chi connectivity index (χ2n) is 3.95. The van der Waals surface area contributed by atoms with Gasteiger partial charge >= 0.3 is 0 Å². The van der Waals surface area contributed by atoms with Crippen LogP contribution in [0.3, 0.4) is 0 Å². The van der Waals surface area contributed by atoms with Crippen LogP contribution in [0.1, 0.15) is 20.3 Å². The zero-order valence-electron chi connectivity index (χ0n) is 10.7. The van der Waals surface area contributed by atoms with Gasteiger partial charge in [0, 0.05) is 38.6 Å². The van der Waals surface area contributed by atoms with Crippen LogP contribution >= 0.6 is 24.0 Å². The standard InChI is InChI=1S/C11H21N5.HI/c1-10(2)15-11(12-3)14-5-4-7-16-8-6-13-9-16;/h6,8-10H,4-5,7H2,1-3H3,(H2,12,14,15);1H. The predicted molar refractivity (Wildman–Crippen MR) is 81.9 cm³/mol. The topological polar surface area (TPSA) is 54.2 Å². The first kappa shape index (κ1) is 16.2. The molecule has 0 aliphatic heterocycles. The Balaban J connectivity index is 0.00000256. The highest BCUT2D eigenvalue weighted by atomic mass is 127. The maximum atomic E-state index is 4.14. The molecule has 0 fully saturated rings. The van der Waals surface area contributed by atoms with Crippen molar-refractivity contribution in [1.29, 1.82) is 0 Å². The van der Waals surface area contributed by atoms with Crippen molar-refractivity contribution in [3.8, 4) is 0 Å². The fourth-order valence-electron chi connectivity index (χ4n) is 1.36. The van der Waals surface area contributed by atoms with Crippen LogP contribution < -0.4 is 10.6 Å². The molecule has 0 aliphatic carbocycles. The van der Waals surface area contributed by atoms with Gasteiger partial charge in [-0.15, -0.1) is 24.0 Å². The Morgan fingerprint density at radius 2 is 2.24 bits per heavy atom. The van der Waals surface area contributed by atoms with Crippen LogP contribution in [0.4, 0.5) is 0 Å². The Morgan fingerprint density at radius 1 is 1.47 bits per heavy atom. The molecule has 0 radical (unpaired) electrons. The highest BCUT2D eigenvalue weighted by Gasteiger charge is 1.98. The van der Waals surface area contributed by atoms with Crippen molar-refractivity contribution in [3.05, 3.63) is 18.7 Å². The van der Waals surface area contributed by atoms with E-state index in [1.165, 1.54) is 0 Å². The molecule has 0 saturated carbocycles. The Hall–Kier alpha value is -0.790. The number of hydrogen-bond donors (Lipinski definition) is 2. The summed E-state index contributed by atoms with van der Waals surface area (Å²) >= 11 is 0. The molecular formula is C11H22IN5. The lowest BCUT2D eigenvalue weighted by Gasteiger charge is -2.14. The summed E-state index contributed by atoms with van der Waals surface area (Å²) in [4.78, 5) is 8.14. The average Bonchev–Trinajstić information content (AvgIpc) is 2.74.